The van der Waals surface area contributed by atoms with Gasteiger partial charge in [0.2, 0.25) is 0 Å². The van der Waals surface area contributed by atoms with Gasteiger partial charge in [-0.3, -0.25) is 0 Å². The lowest BCUT2D eigenvalue weighted by molar-refractivity contribution is -0.00556. The number of rotatable bonds is 7. The van der Waals surface area contributed by atoms with Crippen molar-refractivity contribution in [1.82, 2.24) is 5.32 Å². The zero-order valence-electron chi connectivity index (χ0n) is 14.1. The van der Waals surface area contributed by atoms with E-state index in [4.69, 9.17) is 9.15 Å². The molecule has 0 spiro atoms. The van der Waals surface area contributed by atoms with E-state index in [0.29, 0.717) is 18.8 Å². The molecule has 0 radical (unpaired) electrons. The number of aryl methyl sites for hydroxylation is 1. The van der Waals surface area contributed by atoms with Crippen molar-refractivity contribution in [2.24, 2.45) is 5.92 Å². The Bertz CT molecular complexity index is 425. The molecule has 3 nitrogen and oxygen atoms in total. The number of nitrogens with one attached hydrogen (secondary N) is 1. The van der Waals surface area contributed by atoms with Crippen LogP contribution in [0.3, 0.4) is 0 Å². The first-order valence-electron chi connectivity index (χ1n) is 8.51. The predicted octanol–water partition coefficient (Wildman–Crippen LogP) is 4.57. The smallest absolute Gasteiger partial charge is 0.130 e. The molecule has 0 aromatic carbocycles. The molecular weight excluding hydrogens is 262 g/mol. The number of ether oxygens (including phenoxy) is 1. The van der Waals surface area contributed by atoms with E-state index in [1.165, 1.54) is 37.7 Å². The van der Waals surface area contributed by atoms with Gasteiger partial charge in [-0.25, -0.2) is 0 Å². The van der Waals surface area contributed by atoms with Crippen molar-refractivity contribution in [2.45, 2.75) is 85.1 Å². The highest BCUT2D eigenvalue weighted by Gasteiger charge is 2.21. The molecule has 1 fully saturated rings. The van der Waals surface area contributed by atoms with E-state index < -0.39 is 0 Å². The molecular formula is C18H31NO2. The van der Waals surface area contributed by atoms with E-state index in [0.717, 1.165) is 24.0 Å². The first-order chi connectivity index (χ1) is 10.1. The van der Waals surface area contributed by atoms with E-state index in [-0.39, 0.29) is 0 Å². The van der Waals surface area contributed by atoms with Gasteiger partial charge in [-0.2, -0.15) is 0 Å². The molecule has 1 aliphatic carbocycles. The summed E-state index contributed by atoms with van der Waals surface area (Å²) in [5, 5.41) is 3.43. The lowest BCUT2D eigenvalue weighted by Gasteiger charge is -2.28. The molecule has 1 aromatic heterocycles. The van der Waals surface area contributed by atoms with Crippen molar-refractivity contribution in [2.75, 3.05) is 0 Å². The van der Waals surface area contributed by atoms with Gasteiger partial charge in [-0.05, 0) is 31.7 Å². The van der Waals surface area contributed by atoms with Crippen molar-refractivity contribution < 1.29 is 9.15 Å². The maximum Gasteiger partial charge on any atom is 0.130 e. The molecule has 2 rings (SSSR count). The van der Waals surface area contributed by atoms with E-state index in [2.05, 4.69) is 32.2 Å². The Hall–Kier alpha value is -0.800. The van der Waals surface area contributed by atoms with Gasteiger partial charge >= 0.3 is 0 Å². The molecule has 1 aliphatic rings. The van der Waals surface area contributed by atoms with Crippen molar-refractivity contribution in [3.63, 3.8) is 0 Å². The van der Waals surface area contributed by atoms with Crippen LogP contribution in [-0.2, 0) is 17.9 Å². The van der Waals surface area contributed by atoms with Gasteiger partial charge in [0.1, 0.15) is 18.1 Å². The van der Waals surface area contributed by atoms with E-state index in [1.54, 1.807) is 0 Å². The average Bonchev–Trinajstić information content (AvgIpc) is 2.83. The SMILES string of the molecule is CCC1CCCC(OCc2cc(CNC(C)C)c(C)o2)C1. The summed E-state index contributed by atoms with van der Waals surface area (Å²) < 4.78 is 11.9. The van der Waals surface area contributed by atoms with Crippen LogP contribution in [0.2, 0.25) is 0 Å². The normalized spacial score (nSPS) is 22.9. The summed E-state index contributed by atoms with van der Waals surface area (Å²) in [7, 11) is 0. The Balaban J connectivity index is 1.81. The Morgan fingerprint density at radius 3 is 2.90 bits per heavy atom. The molecule has 120 valence electrons. The number of furan rings is 1. The summed E-state index contributed by atoms with van der Waals surface area (Å²) in [6.45, 7) is 10.1. The van der Waals surface area contributed by atoms with Gasteiger partial charge in [0.25, 0.3) is 0 Å². The van der Waals surface area contributed by atoms with E-state index in [1.807, 2.05) is 6.92 Å². The molecule has 0 bridgehead atoms. The Morgan fingerprint density at radius 1 is 1.38 bits per heavy atom. The highest BCUT2D eigenvalue weighted by Crippen LogP contribution is 2.29. The lowest BCUT2D eigenvalue weighted by atomic mass is 9.85. The fourth-order valence-corrected chi connectivity index (χ4v) is 3.11. The van der Waals surface area contributed by atoms with Crippen molar-refractivity contribution in [3.8, 4) is 0 Å². The van der Waals surface area contributed by atoms with Crippen LogP contribution in [0.4, 0.5) is 0 Å². The second-order valence-electron chi connectivity index (χ2n) is 6.70. The Labute approximate surface area is 129 Å². The largest absolute Gasteiger partial charge is 0.464 e. The van der Waals surface area contributed by atoms with Gasteiger partial charge in [-0.15, -0.1) is 0 Å². The van der Waals surface area contributed by atoms with Crippen LogP contribution in [0.5, 0.6) is 0 Å². The maximum absolute atomic E-state index is 6.08. The maximum atomic E-state index is 6.08. The molecule has 21 heavy (non-hydrogen) atoms. The van der Waals surface area contributed by atoms with Gasteiger partial charge in [0.15, 0.2) is 0 Å². The minimum absolute atomic E-state index is 0.423. The summed E-state index contributed by atoms with van der Waals surface area (Å²) >= 11 is 0. The minimum Gasteiger partial charge on any atom is -0.464 e. The highest BCUT2D eigenvalue weighted by molar-refractivity contribution is 5.20. The molecule has 0 amide bonds. The Kier molecular flexibility index (Phi) is 6.31. The van der Waals surface area contributed by atoms with Crippen LogP contribution in [0, 0.1) is 12.8 Å². The van der Waals surface area contributed by atoms with Gasteiger partial charge < -0.3 is 14.5 Å². The highest BCUT2D eigenvalue weighted by atomic mass is 16.5. The van der Waals surface area contributed by atoms with Gasteiger partial charge in [0.05, 0.1) is 6.10 Å². The zero-order valence-corrected chi connectivity index (χ0v) is 14.1. The second kappa shape index (κ2) is 8.00. The summed E-state index contributed by atoms with van der Waals surface area (Å²) in [4.78, 5) is 0. The average molecular weight is 293 g/mol. The van der Waals surface area contributed by atoms with Crippen molar-refractivity contribution >= 4 is 0 Å². The topological polar surface area (TPSA) is 34.4 Å². The van der Waals surface area contributed by atoms with Crippen LogP contribution in [0.1, 0.15) is 70.0 Å². The van der Waals surface area contributed by atoms with Gasteiger partial charge in [-0.1, -0.05) is 40.0 Å². The molecule has 1 N–H and O–H groups in total. The van der Waals surface area contributed by atoms with Crippen molar-refractivity contribution in [1.29, 1.82) is 0 Å². The van der Waals surface area contributed by atoms with Crippen LogP contribution in [0.15, 0.2) is 10.5 Å². The number of hydrogen-bond donors (Lipinski definition) is 1. The second-order valence-corrected chi connectivity index (χ2v) is 6.70. The third-order valence-electron chi connectivity index (χ3n) is 4.55. The summed E-state index contributed by atoms with van der Waals surface area (Å²) in [6.07, 6.45) is 6.82. The quantitative estimate of drug-likeness (QED) is 0.799. The fourth-order valence-electron chi connectivity index (χ4n) is 3.11. The summed E-state index contributed by atoms with van der Waals surface area (Å²) in [5.41, 5.74) is 1.25. The van der Waals surface area contributed by atoms with Crippen molar-refractivity contribution in [3.05, 3.63) is 23.2 Å². The molecule has 1 heterocycles. The van der Waals surface area contributed by atoms with E-state index in [9.17, 15) is 0 Å². The van der Waals surface area contributed by atoms with Crippen LogP contribution in [0.25, 0.3) is 0 Å². The third-order valence-corrected chi connectivity index (χ3v) is 4.55. The molecule has 3 heteroatoms. The van der Waals surface area contributed by atoms with Crippen LogP contribution < -0.4 is 5.32 Å². The first kappa shape index (κ1) is 16.6. The minimum atomic E-state index is 0.423. The summed E-state index contributed by atoms with van der Waals surface area (Å²) in [6, 6.07) is 2.64. The molecule has 2 atom stereocenters. The molecule has 1 aromatic rings. The molecule has 0 saturated heterocycles. The van der Waals surface area contributed by atoms with Gasteiger partial charge in [0, 0.05) is 18.2 Å². The first-order valence-corrected chi connectivity index (χ1v) is 8.51. The van der Waals surface area contributed by atoms with E-state index >= 15 is 0 Å². The third kappa shape index (κ3) is 5.15. The lowest BCUT2D eigenvalue weighted by Crippen LogP contribution is -2.22. The predicted molar refractivity (Wildman–Crippen MR) is 86.2 cm³/mol. The standard InChI is InChI=1S/C18H31NO2/c1-5-15-7-6-8-17(9-15)20-12-18-10-16(14(4)21-18)11-19-13(2)3/h10,13,15,17,19H,5-9,11-12H2,1-4H3. The van der Waals surface area contributed by atoms with Crippen LogP contribution >= 0.6 is 0 Å². The molecule has 1 saturated carbocycles. The molecule has 2 unspecified atom stereocenters. The fraction of sp³-hybridized carbons (Fsp3) is 0.778. The Morgan fingerprint density at radius 2 is 2.19 bits per heavy atom. The number of hydrogen-bond acceptors (Lipinski definition) is 3. The zero-order chi connectivity index (χ0) is 15.2. The van der Waals surface area contributed by atoms with Crippen LogP contribution in [-0.4, -0.2) is 12.1 Å². The summed E-state index contributed by atoms with van der Waals surface area (Å²) in [5.74, 6) is 2.83. The monoisotopic (exact) mass is 293 g/mol. The molecule has 0 aliphatic heterocycles.